The molecule has 0 spiro atoms. The zero-order chi connectivity index (χ0) is 23.9. The van der Waals surface area contributed by atoms with Gasteiger partial charge in [0.05, 0.1) is 9.79 Å². The lowest BCUT2D eigenvalue weighted by molar-refractivity contribution is -0.287. The smallest absolute Gasteiger partial charge is 0.207 e. The summed E-state index contributed by atoms with van der Waals surface area (Å²) < 4.78 is 48.5. The van der Waals surface area contributed by atoms with Crippen LogP contribution in [0.3, 0.4) is 0 Å². The van der Waals surface area contributed by atoms with Crippen LogP contribution in [0.1, 0.15) is 0 Å². The van der Waals surface area contributed by atoms with Crippen LogP contribution in [-0.2, 0) is 19.3 Å². The first-order chi connectivity index (χ1) is 16.4. The molecular formula is C25H24O8S. The van der Waals surface area contributed by atoms with E-state index in [0.29, 0.717) is 22.6 Å². The Balaban J connectivity index is 1.35. The van der Waals surface area contributed by atoms with Crippen molar-refractivity contribution in [3.8, 4) is 22.6 Å². The fourth-order valence-electron chi connectivity index (χ4n) is 4.28. The van der Waals surface area contributed by atoms with Crippen LogP contribution in [-0.4, -0.2) is 63.1 Å². The molecule has 5 rings (SSSR count). The Kier molecular flexibility index (Phi) is 6.05. The summed E-state index contributed by atoms with van der Waals surface area (Å²) in [5.74, 6) is 0.917. The summed E-state index contributed by atoms with van der Waals surface area (Å²) in [5.41, 5.74) is 1.10. The number of methoxy groups -OCH3 is 1. The van der Waals surface area contributed by atoms with Crippen molar-refractivity contribution < 1.29 is 37.6 Å². The molecule has 1 saturated heterocycles. The van der Waals surface area contributed by atoms with E-state index >= 15 is 0 Å². The van der Waals surface area contributed by atoms with E-state index in [0.717, 1.165) is 0 Å². The van der Waals surface area contributed by atoms with Crippen LogP contribution in [0.2, 0.25) is 0 Å². The summed E-state index contributed by atoms with van der Waals surface area (Å²) in [5, 5.41) is 21.5. The molecule has 3 aromatic rings. The number of aliphatic hydroxyl groups is 2. The Morgan fingerprint density at radius 2 is 1.56 bits per heavy atom. The lowest BCUT2D eigenvalue weighted by Crippen LogP contribution is -2.61. The van der Waals surface area contributed by atoms with Gasteiger partial charge < -0.3 is 29.2 Å². The average molecular weight is 485 g/mol. The summed E-state index contributed by atoms with van der Waals surface area (Å²) in [4.78, 5) is 0.442. The van der Waals surface area contributed by atoms with Gasteiger partial charge in [-0.1, -0.05) is 36.4 Å². The molecule has 34 heavy (non-hydrogen) atoms. The first kappa shape index (κ1) is 22.8. The average Bonchev–Trinajstić information content (AvgIpc) is 3.09. The minimum Gasteiger partial charge on any atom is -0.491 e. The third kappa shape index (κ3) is 3.95. The van der Waals surface area contributed by atoms with Crippen LogP contribution in [0.5, 0.6) is 11.5 Å². The Hall–Kier alpha value is -2.95. The highest BCUT2D eigenvalue weighted by atomic mass is 32.2. The van der Waals surface area contributed by atoms with Gasteiger partial charge in [0, 0.05) is 18.2 Å². The molecule has 2 heterocycles. The minimum atomic E-state index is -3.59. The van der Waals surface area contributed by atoms with Crippen LogP contribution in [0, 0.1) is 0 Å². The summed E-state index contributed by atoms with van der Waals surface area (Å²) in [7, 11) is -2.19. The van der Waals surface area contributed by atoms with Crippen molar-refractivity contribution in [3.05, 3.63) is 72.8 Å². The van der Waals surface area contributed by atoms with Crippen LogP contribution in [0.15, 0.2) is 82.6 Å². The number of rotatable bonds is 6. The molecule has 9 heteroatoms. The maximum Gasteiger partial charge on any atom is 0.207 e. The molecule has 5 atom stereocenters. The first-order valence-corrected chi connectivity index (χ1v) is 12.3. The van der Waals surface area contributed by atoms with E-state index in [1.54, 1.807) is 42.5 Å². The van der Waals surface area contributed by atoms with Gasteiger partial charge in [-0.2, -0.15) is 0 Å². The SMILES string of the molecule is CO[C@H]1O[C@H](COc2ccccc2)[C@@H](O)[C@H](O)[C@H]1Oc1ccc2c(c1)-c1ccccc1S2(=O)=O. The van der Waals surface area contributed by atoms with Crippen molar-refractivity contribution in [2.45, 2.75) is 40.5 Å². The standard InChI is InChI=1S/C25H24O8S/c1-30-25-24(23(27)22(26)19(33-25)14-31-15-7-3-2-4-8-15)32-16-11-12-21-18(13-16)17-9-5-6-10-20(17)34(21,28)29/h2-13,19,22-27H,14H2,1H3/t19-,22-,23+,24-,25+/m1/s1. The number of hydrogen-bond donors (Lipinski definition) is 2. The second-order valence-corrected chi connectivity index (χ2v) is 10.0. The van der Waals surface area contributed by atoms with Gasteiger partial charge in [-0.25, -0.2) is 8.42 Å². The minimum absolute atomic E-state index is 0.00229. The number of fused-ring (bicyclic) bond motifs is 3. The summed E-state index contributed by atoms with van der Waals surface area (Å²) >= 11 is 0. The fourth-order valence-corrected chi connectivity index (χ4v) is 5.95. The molecule has 0 aliphatic carbocycles. The van der Waals surface area contributed by atoms with E-state index in [1.807, 2.05) is 18.2 Å². The predicted octanol–water partition coefficient (Wildman–Crippen LogP) is 2.42. The molecule has 178 valence electrons. The van der Waals surface area contributed by atoms with E-state index in [4.69, 9.17) is 18.9 Å². The molecule has 0 saturated carbocycles. The predicted molar refractivity (Wildman–Crippen MR) is 121 cm³/mol. The van der Waals surface area contributed by atoms with Crippen molar-refractivity contribution in [1.82, 2.24) is 0 Å². The quantitative estimate of drug-likeness (QED) is 0.429. The number of sulfone groups is 1. The Morgan fingerprint density at radius 1 is 0.853 bits per heavy atom. The maximum atomic E-state index is 12.8. The van der Waals surface area contributed by atoms with E-state index in [2.05, 4.69) is 0 Å². The zero-order valence-corrected chi connectivity index (χ0v) is 19.1. The third-order valence-electron chi connectivity index (χ3n) is 6.01. The summed E-state index contributed by atoms with van der Waals surface area (Å²) in [6.45, 7) is 0.00229. The number of hydrogen-bond acceptors (Lipinski definition) is 8. The van der Waals surface area contributed by atoms with E-state index in [9.17, 15) is 18.6 Å². The van der Waals surface area contributed by atoms with Crippen LogP contribution in [0.25, 0.3) is 11.1 Å². The van der Waals surface area contributed by atoms with Crippen molar-refractivity contribution in [2.75, 3.05) is 13.7 Å². The molecule has 2 N–H and O–H groups in total. The normalized spacial score (nSPS) is 27.0. The summed E-state index contributed by atoms with van der Waals surface area (Å²) in [6.07, 6.45) is -5.54. The molecule has 8 nitrogen and oxygen atoms in total. The highest BCUT2D eigenvalue weighted by Crippen LogP contribution is 2.44. The lowest BCUT2D eigenvalue weighted by Gasteiger charge is -2.41. The fraction of sp³-hybridized carbons (Fsp3) is 0.280. The number of para-hydroxylation sites is 1. The second-order valence-electron chi connectivity index (χ2n) is 8.12. The topological polar surface area (TPSA) is 112 Å². The Labute approximate surface area is 197 Å². The molecule has 0 aromatic heterocycles. The van der Waals surface area contributed by atoms with E-state index in [1.165, 1.54) is 19.2 Å². The van der Waals surface area contributed by atoms with Crippen LogP contribution < -0.4 is 9.47 Å². The van der Waals surface area contributed by atoms with Crippen molar-refractivity contribution in [1.29, 1.82) is 0 Å². The van der Waals surface area contributed by atoms with Crippen molar-refractivity contribution in [2.24, 2.45) is 0 Å². The van der Waals surface area contributed by atoms with Gasteiger partial charge in [-0.15, -0.1) is 0 Å². The molecule has 0 amide bonds. The van der Waals surface area contributed by atoms with Gasteiger partial charge >= 0.3 is 0 Å². The van der Waals surface area contributed by atoms with Crippen LogP contribution in [0.4, 0.5) is 0 Å². The van der Waals surface area contributed by atoms with Gasteiger partial charge in [-0.05, 0) is 36.4 Å². The number of benzene rings is 3. The van der Waals surface area contributed by atoms with Gasteiger partial charge in [-0.3, -0.25) is 0 Å². The van der Waals surface area contributed by atoms with Crippen molar-refractivity contribution >= 4 is 9.84 Å². The van der Waals surface area contributed by atoms with Gasteiger partial charge in [0.1, 0.15) is 36.4 Å². The van der Waals surface area contributed by atoms with Gasteiger partial charge in [0.15, 0.2) is 12.4 Å². The second kappa shape index (κ2) is 9.01. The first-order valence-electron chi connectivity index (χ1n) is 10.8. The lowest BCUT2D eigenvalue weighted by atomic mass is 9.99. The molecule has 0 bridgehead atoms. The molecular weight excluding hydrogens is 460 g/mol. The molecule has 2 aliphatic heterocycles. The monoisotopic (exact) mass is 484 g/mol. The molecule has 1 fully saturated rings. The molecule has 0 unspecified atom stereocenters. The van der Waals surface area contributed by atoms with Gasteiger partial charge in [0.2, 0.25) is 9.84 Å². The van der Waals surface area contributed by atoms with Crippen LogP contribution >= 0.6 is 0 Å². The van der Waals surface area contributed by atoms with E-state index < -0.39 is 40.5 Å². The number of aliphatic hydroxyl groups excluding tert-OH is 2. The molecule has 0 radical (unpaired) electrons. The highest BCUT2D eigenvalue weighted by Gasteiger charge is 2.47. The highest BCUT2D eigenvalue weighted by molar-refractivity contribution is 7.92. The number of ether oxygens (including phenoxy) is 4. The largest absolute Gasteiger partial charge is 0.491 e. The van der Waals surface area contributed by atoms with Gasteiger partial charge in [0.25, 0.3) is 0 Å². The summed E-state index contributed by atoms with van der Waals surface area (Å²) in [6, 6.07) is 20.4. The third-order valence-corrected chi connectivity index (χ3v) is 7.88. The van der Waals surface area contributed by atoms with Crippen molar-refractivity contribution in [3.63, 3.8) is 0 Å². The maximum absolute atomic E-state index is 12.8. The molecule has 3 aromatic carbocycles. The molecule has 2 aliphatic rings. The Bertz CT molecular complexity index is 1280. The Morgan fingerprint density at radius 3 is 2.32 bits per heavy atom. The van der Waals surface area contributed by atoms with E-state index in [-0.39, 0.29) is 16.4 Å². The zero-order valence-electron chi connectivity index (χ0n) is 18.3.